The molecule has 1 heterocycles. The van der Waals surface area contributed by atoms with E-state index in [1.165, 1.54) is 0 Å². The maximum atomic E-state index is 11.1. The van der Waals surface area contributed by atoms with E-state index in [1.807, 2.05) is 0 Å². The number of aromatic nitrogens is 4. The molecule has 0 saturated heterocycles. The molecule has 1 aromatic rings. The van der Waals surface area contributed by atoms with Crippen molar-refractivity contribution >= 4 is 5.91 Å². The fourth-order valence-corrected chi connectivity index (χ4v) is 0.729. The van der Waals surface area contributed by atoms with Gasteiger partial charge in [-0.3, -0.25) is 4.79 Å². The van der Waals surface area contributed by atoms with Crippen LogP contribution in [0.1, 0.15) is 23.5 Å². The van der Waals surface area contributed by atoms with Crippen LogP contribution in [0.25, 0.3) is 0 Å². The minimum atomic E-state index is -0.342. The molecule has 68 valence electrons. The highest BCUT2D eigenvalue weighted by atomic mass is 16.2. The third kappa shape index (κ3) is 2.91. The molecule has 0 aliphatic carbocycles. The Bertz CT molecular complexity index is 299. The van der Waals surface area contributed by atoms with Crippen molar-refractivity contribution in [3.8, 4) is 12.3 Å². The lowest BCUT2D eigenvalue weighted by Crippen LogP contribution is -2.25. The molecule has 0 aromatic carbocycles. The molecule has 2 N–H and O–H groups in total. The van der Waals surface area contributed by atoms with Gasteiger partial charge in [-0.15, -0.1) is 22.5 Å². The van der Waals surface area contributed by atoms with Crippen LogP contribution in [0.15, 0.2) is 0 Å². The number of nitrogens with one attached hydrogen (secondary N) is 2. The van der Waals surface area contributed by atoms with Crippen LogP contribution in [-0.4, -0.2) is 33.1 Å². The minimum absolute atomic E-state index is 0.0423. The Morgan fingerprint density at radius 3 is 3.15 bits per heavy atom. The summed E-state index contributed by atoms with van der Waals surface area (Å²) in [5.74, 6) is 2.18. The van der Waals surface area contributed by atoms with Crippen molar-refractivity contribution in [2.45, 2.75) is 12.8 Å². The first kappa shape index (κ1) is 9.19. The van der Waals surface area contributed by atoms with Gasteiger partial charge < -0.3 is 5.32 Å². The maximum absolute atomic E-state index is 11.1. The SMILES string of the molecule is C#CCCCNC(=O)c1nn[nH]n1. The average molecular weight is 179 g/mol. The van der Waals surface area contributed by atoms with E-state index in [9.17, 15) is 4.79 Å². The zero-order valence-electron chi connectivity index (χ0n) is 6.95. The number of terminal acetylenes is 1. The number of amides is 1. The monoisotopic (exact) mass is 179 g/mol. The summed E-state index contributed by atoms with van der Waals surface area (Å²) in [4.78, 5) is 11.1. The first-order valence-electron chi connectivity index (χ1n) is 3.79. The summed E-state index contributed by atoms with van der Waals surface area (Å²) in [6.07, 6.45) is 6.43. The predicted molar refractivity (Wildman–Crippen MR) is 44.6 cm³/mol. The molecule has 6 heteroatoms. The zero-order chi connectivity index (χ0) is 9.52. The van der Waals surface area contributed by atoms with Crippen molar-refractivity contribution in [2.24, 2.45) is 0 Å². The Kier molecular flexibility index (Phi) is 3.45. The number of aromatic amines is 1. The number of hydrogen-bond acceptors (Lipinski definition) is 4. The summed E-state index contributed by atoms with van der Waals surface area (Å²) < 4.78 is 0. The molecule has 0 radical (unpaired) electrons. The zero-order valence-corrected chi connectivity index (χ0v) is 6.95. The molecule has 0 aliphatic heterocycles. The Morgan fingerprint density at radius 1 is 1.69 bits per heavy atom. The van der Waals surface area contributed by atoms with Crippen LogP contribution in [0, 0.1) is 12.3 Å². The van der Waals surface area contributed by atoms with E-state index in [-0.39, 0.29) is 11.7 Å². The molecule has 1 amide bonds. The lowest BCUT2D eigenvalue weighted by atomic mass is 10.3. The van der Waals surface area contributed by atoms with Crippen LogP contribution in [0.5, 0.6) is 0 Å². The lowest BCUT2D eigenvalue weighted by molar-refractivity contribution is 0.0943. The maximum Gasteiger partial charge on any atom is 0.292 e. The smallest absolute Gasteiger partial charge is 0.292 e. The molecular weight excluding hydrogens is 170 g/mol. The van der Waals surface area contributed by atoms with Crippen molar-refractivity contribution in [1.82, 2.24) is 25.9 Å². The first-order valence-corrected chi connectivity index (χ1v) is 3.79. The second-order valence-corrected chi connectivity index (χ2v) is 2.30. The van der Waals surface area contributed by atoms with Gasteiger partial charge in [-0.25, -0.2) is 0 Å². The molecule has 0 fully saturated rings. The number of nitrogens with zero attached hydrogens (tertiary/aromatic N) is 3. The molecule has 13 heavy (non-hydrogen) atoms. The Balaban J connectivity index is 2.24. The van der Waals surface area contributed by atoms with Gasteiger partial charge in [0.15, 0.2) is 0 Å². The van der Waals surface area contributed by atoms with Crippen LogP contribution in [0.4, 0.5) is 0 Å². The van der Waals surface area contributed by atoms with E-state index in [0.29, 0.717) is 13.0 Å². The number of carbonyl (C=O) groups excluding carboxylic acids is 1. The van der Waals surface area contributed by atoms with Gasteiger partial charge in [0.2, 0.25) is 0 Å². The minimum Gasteiger partial charge on any atom is -0.349 e. The molecule has 0 bridgehead atoms. The Morgan fingerprint density at radius 2 is 2.54 bits per heavy atom. The van der Waals surface area contributed by atoms with Gasteiger partial charge in [0, 0.05) is 13.0 Å². The van der Waals surface area contributed by atoms with Crippen LogP contribution >= 0.6 is 0 Å². The third-order valence-corrected chi connectivity index (χ3v) is 1.33. The highest BCUT2D eigenvalue weighted by Gasteiger charge is 2.08. The second kappa shape index (κ2) is 4.87. The number of hydrogen-bond donors (Lipinski definition) is 2. The van der Waals surface area contributed by atoms with E-state index in [0.717, 1.165) is 6.42 Å². The highest BCUT2D eigenvalue weighted by molar-refractivity contribution is 5.89. The number of H-pyrrole nitrogens is 1. The molecule has 6 nitrogen and oxygen atoms in total. The van der Waals surface area contributed by atoms with Crippen LogP contribution in [0.2, 0.25) is 0 Å². The van der Waals surface area contributed by atoms with E-state index in [2.05, 4.69) is 31.9 Å². The van der Waals surface area contributed by atoms with E-state index in [1.54, 1.807) is 0 Å². The summed E-state index contributed by atoms with van der Waals surface area (Å²) in [5.41, 5.74) is 0. The molecule has 0 unspecified atom stereocenters. The van der Waals surface area contributed by atoms with Crippen molar-refractivity contribution in [3.63, 3.8) is 0 Å². The van der Waals surface area contributed by atoms with Crippen molar-refractivity contribution in [1.29, 1.82) is 0 Å². The summed E-state index contributed by atoms with van der Waals surface area (Å²) in [7, 11) is 0. The van der Waals surface area contributed by atoms with Crippen molar-refractivity contribution < 1.29 is 4.79 Å². The predicted octanol–water partition coefficient (Wildman–Crippen LogP) is -0.657. The van der Waals surface area contributed by atoms with Gasteiger partial charge in [-0.1, -0.05) is 0 Å². The summed E-state index contributed by atoms with van der Waals surface area (Å²) in [6, 6.07) is 0. The molecule has 0 aliphatic rings. The van der Waals surface area contributed by atoms with Crippen LogP contribution < -0.4 is 5.32 Å². The Labute approximate surface area is 75.1 Å². The molecule has 0 spiro atoms. The summed E-state index contributed by atoms with van der Waals surface area (Å²) >= 11 is 0. The number of unbranched alkanes of at least 4 members (excludes halogenated alkanes) is 1. The fraction of sp³-hybridized carbons (Fsp3) is 0.429. The Hall–Kier alpha value is -1.90. The average Bonchev–Trinajstić information content (AvgIpc) is 2.65. The molecule has 1 rings (SSSR count). The molecule has 0 saturated carbocycles. The fourth-order valence-electron chi connectivity index (χ4n) is 0.729. The van der Waals surface area contributed by atoms with Gasteiger partial charge in [-0.2, -0.15) is 5.21 Å². The lowest BCUT2D eigenvalue weighted by Gasteiger charge is -1.98. The standard InChI is InChI=1S/C7H9N5O/c1-2-3-4-5-8-7(13)6-9-11-12-10-6/h1H,3-5H2,(H,8,13)(H,9,10,11,12). The van der Waals surface area contributed by atoms with Crippen LogP contribution in [-0.2, 0) is 0 Å². The number of tetrazole rings is 1. The number of rotatable bonds is 4. The summed E-state index contributed by atoms with van der Waals surface area (Å²) in [5, 5.41) is 15.1. The van der Waals surface area contributed by atoms with E-state index >= 15 is 0 Å². The third-order valence-electron chi connectivity index (χ3n) is 1.33. The largest absolute Gasteiger partial charge is 0.349 e. The van der Waals surface area contributed by atoms with Gasteiger partial charge in [0.1, 0.15) is 0 Å². The van der Waals surface area contributed by atoms with Gasteiger partial charge >= 0.3 is 0 Å². The molecular formula is C7H9N5O. The van der Waals surface area contributed by atoms with Crippen LogP contribution in [0.3, 0.4) is 0 Å². The van der Waals surface area contributed by atoms with Crippen molar-refractivity contribution in [3.05, 3.63) is 5.82 Å². The first-order chi connectivity index (χ1) is 6.34. The molecule has 1 aromatic heterocycles. The topological polar surface area (TPSA) is 83.6 Å². The van der Waals surface area contributed by atoms with Crippen molar-refractivity contribution in [2.75, 3.05) is 6.54 Å². The molecule has 0 atom stereocenters. The van der Waals surface area contributed by atoms with Gasteiger partial charge in [-0.05, 0) is 11.6 Å². The summed E-state index contributed by atoms with van der Waals surface area (Å²) in [6.45, 7) is 0.525. The van der Waals surface area contributed by atoms with E-state index in [4.69, 9.17) is 6.42 Å². The quantitative estimate of drug-likeness (QED) is 0.475. The van der Waals surface area contributed by atoms with E-state index < -0.39 is 0 Å². The number of carbonyl (C=O) groups is 1. The van der Waals surface area contributed by atoms with Gasteiger partial charge in [0.25, 0.3) is 11.7 Å². The normalized spacial score (nSPS) is 9.15. The second-order valence-electron chi connectivity index (χ2n) is 2.30. The highest BCUT2D eigenvalue weighted by Crippen LogP contribution is 1.86. The van der Waals surface area contributed by atoms with Gasteiger partial charge in [0.05, 0.1) is 0 Å².